The average molecular weight is 426 g/mol. The van der Waals surface area contributed by atoms with Crippen LogP contribution in [0.2, 0.25) is 5.02 Å². The summed E-state index contributed by atoms with van der Waals surface area (Å²) in [6.07, 6.45) is -0.0443. The standard InChI is InChI=1S/C19H24ClN3O6/c1-5-13(22(18(26)27)19(2,3)4)16(24)21(11-9-10-11)17(25)15-12(20)7-6-8-14(15)23(28)29/h6-8,11,13H,5,9-10H2,1-4H3,(H,26,27)/t13-/m1/s1. The number of carboxylic acid groups (broad SMARTS) is 1. The van der Waals surface area contributed by atoms with Crippen molar-refractivity contribution in [2.75, 3.05) is 0 Å². The molecule has 0 saturated heterocycles. The van der Waals surface area contributed by atoms with Crippen LogP contribution in [-0.4, -0.2) is 55.4 Å². The maximum Gasteiger partial charge on any atom is 0.408 e. The maximum absolute atomic E-state index is 13.3. The van der Waals surface area contributed by atoms with E-state index < -0.39 is 46.1 Å². The molecular formula is C19H24ClN3O6. The summed E-state index contributed by atoms with van der Waals surface area (Å²) in [6.45, 7) is 6.61. The Morgan fingerprint density at radius 2 is 1.90 bits per heavy atom. The van der Waals surface area contributed by atoms with Gasteiger partial charge in [0, 0.05) is 17.6 Å². The normalized spacial score (nSPS) is 14.8. The molecule has 9 nitrogen and oxygen atoms in total. The van der Waals surface area contributed by atoms with E-state index in [1.165, 1.54) is 12.1 Å². The van der Waals surface area contributed by atoms with Crippen LogP contribution >= 0.6 is 11.6 Å². The third-order valence-corrected chi connectivity index (χ3v) is 5.00. The minimum absolute atomic E-state index is 0.137. The summed E-state index contributed by atoms with van der Waals surface area (Å²) in [4.78, 5) is 51.0. The van der Waals surface area contributed by atoms with Crippen LogP contribution in [0.5, 0.6) is 0 Å². The van der Waals surface area contributed by atoms with E-state index in [9.17, 15) is 29.6 Å². The van der Waals surface area contributed by atoms with Gasteiger partial charge in [0.25, 0.3) is 17.5 Å². The molecule has 3 amide bonds. The van der Waals surface area contributed by atoms with Gasteiger partial charge in [0.05, 0.1) is 9.95 Å². The third-order valence-electron chi connectivity index (χ3n) is 4.68. The molecule has 1 aliphatic rings. The van der Waals surface area contributed by atoms with Gasteiger partial charge < -0.3 is 5.11 Å². The van der Waals surface area contributed by atoms with Gasteiger partial charge in [-0.1, -0.05) is 24.6 Å². The number of nitrogens with zero attached hydrogens (tertiary/aromatic N) is 3. The van der Waals surface area contributed by atoms with E-state index >= 15 is 0 Å². The molecule has 1 aromatic rings. The molecule has 1 aromatic carbocycles. The van der Waals surface area contributed by atoms with Crippen LogP contribution in [-0.2, 0) is 4.79 Å². The monoisotopic (exact) mass is 425 g/mol. The van der Waals surface area contributed by atoms with E-state index in [1.807, 2.05) is 0 Å². The van der Waals surface area contributed by atoms with Gasteiger partial charge in [0.2, 0.25) is 0 Å². The molecule has 0 bridgehead atoms. The maximum atomic E-state index is 13.3. The second kappa shape index (κ2) is 8.36. The molecule has 10 heteroatoms. The van der Waals surface area contributed by atoms with Crippen LogP contribution < -0.4 is 0 Å². The van der Waals surface area contributed by atoms with Crippen LogP contribution in [0.3, 0.4) is 0 Å². The number of amides is 3. The zero-order valence-corrected chi connectivity index (χ0v) is 17.5. The fraction of sp³-hybridized carbons (Fsp3) is 0.526. The number of benzene rings is 1. The SMILES string of the molecule is CC[C@H](C(=O)N(C(=O)c1c(Cl)cccc1[N+](=O)[O-])C1CC1)N(C(=O)O)C(C)(C)C. The smallest absolute Gasteiger partial charge is 0.408 e. The number of rotatable bonds is 6. The van der Waals surface area contributed by atoms with Gasteiger partial charge in [-0.3, -0.25) is 29.5 Å². The first-order valence-corrected chi connectivity index (χ1v) is 9.62. The lowest BCUT2D eigenvalue weighted by molar-refractivity contribution is -0.385. The molecule has 29 heavy (non-hydrogen) atoms. The number of hydrogen-bond donors (Lipinski definition) is 1. The fourth-order valence-corrected chi connectivity index (χ4v) is 3.54. The van der Waals surface area contributed by atoms with Crippen molar-refractivity contribution >= 4 is 35.2 Å². The van der Waals surface area contributed by atoms with E-state index in [4.69, 9.17) is 11.6 Å². The van der Waals surface area contributed by atoms with Crippen LogP contribution in [0.15, 0.2) is 18.2 Å². The molecule has 1 saturated carbocycles. The molecule has 0 unspecified atom stereocenters. The Bertz CT molecular complexity index is 847. The first-order chi connectivity index (χ1) is 13.4. The topological polar surface area (TPSA) is 121 Å². The Hall–Kier alpha value is -2.68. The fourth-order valence-electron chi connectivity index (χ4n) is 3.29. The highest BCUT2D eigenvalue weighted by molar-refractivity contribution is 6.35. The highest BCUT2D eigenvalue weighted by Crippen LogP contribution is 2.35. The molecule has 1 N–H and O–H groups in total. The number of carbonyl (C=O) groups is 3. The Kier molecular flexibility index (Phi) is 6.52. The van der Waals surface area contributed by atoms with Crippen LogP contribution in [0.1, 0.15) is 57.3 Å². The summed E-state index contributed by atoms with van der Waals surface area (Å²) >= 11 is 6.07. The predicted octanol–water partition coefficient (Wildman–Crippen LogP) is 3.94. The number of hydrogen-bond acceptors (Lipinski definition) is 5. The Morgan fingerprint density at radius 3 is 2.31 bits per heavy atom. The van der Waals surface area contributed by atoms with Crippen LogP contribution in [0.4, 0.5) is 10.5 Å². The average Bonchev–Trinajstić information content (AvgIpc) is 3.42. The predicted molar refractivity (Wildman–Crippen MR) is 106 cm³/mol. The van der Waals surface area contributed by atoms with Crippen molar-refractivity contribution in [3.05, 3.63) is 38.9 Å². The van der Waals surface area contributed by atoms with E-state index in [1.54, 1.807) is 27.7 Å². The largest absolute Gasteiger partial charge is 0.465 e. The molecule has 0 radical (unpaired) electrons. The van der Waals surface area contributed by atoms with Crippen LogP contribution in [0.25, 0.3) is 0 Å². The molecule has 158 valence electrons. The highest BCUT2D eigenvalue weighted by Gasteiger charge is 2.46. The van der Waals surface area contributed by atoms with Gasteiger partial charge in [0.1, 0.15) is 11.6 Å². The molecule has 2 rings (SSSR count). The molecule has 0 spiro atoms. The number of imide groups is 1. The van der Waals surface area contributed by atoms with Gasteiger partial charge in [-0.15, -0.1) is 0 Å². The molecule has 1 atom stereocenters. The summed E-state index contributed by atoms with van der Waals surface area (Å²) < 4.78 is 0. The van der Waals surface area contributed by atoms with Crippen molar-refractivity contribution < 1.29 is 24.4 Å². The summed E-state index contributed by atoms with van der Waals surface area (Å²) in [6, 6.07) is 2.29. The lowest BCUT2D eigenvalue weighted by Gasteiger charge is -2.40. The molecule has 0 heterocycles. The number of carbonyl (C=O) groups excluding carboxylic acids is 2. The van der Waals surface area contributed by atoms with Crippen LogP contribution in [0, 0.1) is 10.1 Å². The summed E-state index contributed by atoms with van der Waals surface area (Å²) in [5.41, 5.74) is -1.76. The summed E-state index contributed by atoms with van der Waals surface area (Å²) in [7, 11) is 0. The van der Waals surface area contributed by atoms with Crippen molar-refractivity contribution in [3.63, 3.8) is 0 Å². The first kappa shape index (κ1) is 22.6. The Labute approximate surface area is 173 Å². The second-order valence-electron chi connectivity index (χ2n) is 7.88. The number of nitro groups is 1. The van der Waals surface area contributed by atoms with Gasteiger partial charge in [-0.05, 0) is 46.1 Å². The van der Waals surface area contributed by atoms with Gasteiger partial charge in [0.15, 0.2) is 0 Å². The second-order valence-corrected chi connectivity index (χ2v) is 8.29. The lowest BCUT2D eigenvalue weighted by atomic mass is 10.0. The van der Waals surface area contributed by atoms with Crippen molar-refractivity contribution in [3.8, 4) is 0 Å². The van der Waals surface area contributed by atoms with E-state index in [0.29, 0.717) is 12.8 Å². The number of halogens is 1. The minimum Gasteiger partial charge on any atom is -0.465 e. The summed E-state index contributed by atoms with van der Waals surface area (Å²) in [5.74, 6) is -1.58. The van der Waals surface area contributed by atoms with Gasteiger partial charge in [-0.2, -0.15) is 0 Å². The van der Waals surface area contributed by atoms with E-state index in [0.717, 1.165) is 15.9 Å². The lowest BCUT2D eigenvalue weighted by Crippen LogP contribution is -2.58. The first-order valence-electron chi connectivity index (χ1n) is 9.24. The molecule has 1 fully saturated rings. The highest BCUT2D eigenvalue weighted by atomic mass is 35.5. The van der Waals surface area contributed by atoms with Crippen molar-refractivity contribution in [2.45, 2.75) is 64.6 Å². The third kappa shape index (κ3) is 4.67. The van der Waals surface area contributed by atoms with Gasteiger partial charge in [-0.25, -0.2) is 4.79 Å². The quantitative estimate of drug-likeness (QED) is 0.544. The molecule has 0 aromatic heterocycles. The van der Waals surface area contributed by atoms with E-state index in [2.05, 4.69) is 0 Å². The minimum atomic E-state index is -1.29. The molecule has 1 aliphatic carbocycles. The number of nitro benzene ring substituents is 1. The van der Waals surface area contributed by atoms with Gasteiger partial charge >= 0.3 is 6.09 Å². The van der Waals surface area contributed by atoms with Crippen molar-refractivity contribution in [2.24, 2.45) is 0 Å². The zero-order valence-electron chi connectivity index (χ0n) is 16.7. The van der Waals surface area contributed by atoms with E-state index in [-0.39, 0.29) is 17.0 Å². The molecule has 0 aliphatic heterocycles. The summed E-state index contributed by atoms with van der Waals surface area (Å²) in [5, 5.41) is 20.9. The van der Waals surface area contributed by atoms with Crippen molar-refractivity contribution in [1.82, 2.24) is 9.80 Å². The Balaban J connectivity index is 2.52. The molecular weight excluding hydrogens is 402 g/mol. The Morgan fingerprint density at radius 1 is 1.31 bits per heavy atom. The zero-order chi connectivity index (χ0) is 22.1. The van der Waals surface area contributed by atoms with Crippen molar-refractivity contribution in [1.29, 1.82) is 0 Å².